The maximum absolute atomic E-state index is 5.76. The quantitative estimate of drug-likeness (QED) is 0.487. The zero-order valence-electron chi connectivity index (χ0n) is 4.64. The van der Waals surface area contributed by atoms with Crippen LogP contribution in [-0.4, -0.2) is 24.6 Å². The monoisotopic (exact) mass is 135 g/mol. The summed E-state index contributed by atoms with van der Waals surface area (Å²) < 4.78 is 5.04. The molecule has 2 N–H and O–H groups in total. The fourth-order valence-corrected chi connectivity index (χ4v) is 0.896. The summed E-state index contributed by atoms with van der Waals surface area (Å²) in [6.45, 7) is 1.38. The summed E-state index contributed by atoms with van der Waals surface area (Å²) in [5.41, 5.74) is 5.52. The molecule has 2 atom stereocenters. The van der Waals surface area contributed by atoms with Crippen molar-refractivity contribution in [3.05, 3.63) is 0 Å². The summed E-state index contributed by atoms with van der Waals surface area (Å²) >= 11 is 5.76. The van der Waals surface area contributed by atoms with E-state index in [2.05, 4.69) is 0 Å². The van der Waals surface area contributed by atoms with Crippen molar-refractivity contribution in [2.24, 2.45) is 5.73 Å². The van der Waals surface area contributed by atoms with Crippen LogP contribution in [0.4, 0.5) is 0 Å². The molecular formula is C5H10ClNO. The van der Waals surface area contributed by atoms with Gasteiger partial charge in [-0.15, -0.1) is 11.6 Å². The van der Waals surface area contributed by atoms with E-state index in [9.17, 15) is 0 Å². The number of nitrogens with two attached hydrogens (primary N) is 1. The second-order valence-corrected chi connectivity index (χ2v) is 2.60. The molecule has 0 bridgehead atoms. The SMILES string of the molecule is NC1COCCC1Cl. The van der Waals surface area contributed by atoms with Gasteiger partial charge >= 0.3 is 0 Å². The third kappa shape index (κ3) is 1.34. The van der Waals surface area contributed by atoms with E-state index in [1.54, 1.807) is 0 Å². The Hall–Kier alpha value is 0.210. The lowest BCUT2D eigenvalue weighted by Crippen LogP contribution is -2.40. The molecule has 0 amide bonds. The van der Waals surface area contributed by atoms with E-state index in [0.29, 0.717) is 6.61 Å². The van der Waals surface area contributed by atoms with E-state index < -0.39 is 0 Å². The highest BCUT2D eigenvalue weighted by Gasteiger charge is 2.18. The van der Waals surface area contributed by atoms with Crippen LogP contribution >= 0.6 is 11.6 Å². The van der Waals surface area contributed by atoms with Gasteiger partial charge in [0.25, 0.3) is 0 Å². The Balaban J connectivity index is 2.28. The minimum atomic E-state index is 0.0467. The van der Waals surface area contributed by atoms with E-state index in [1.165, 1.54) is 0 Å². The summed E-state index contributed by atoms with van der Waals surface area (Å²) in [5.74, 6) is 0. The highest BCUT2D eigenvalue weighted by atomic mass is 35.5. The van der Waals surface area contributed by atoms with Crippen molar-refractivity contribution in [3.8, 4) is 0 Å². The Kier molecular flexibility index (Phi) is 2.11. The number of hydrogen-bond donors (Lipinski definition) is 1. The maximum atomic E-state index is 5.76. The molecule has 1 aliphatic rings. The van der Waals surface area contributed by atoms with E-state index >= 15 is 0 Å². The first-order chi connectivity index (χ1) is 3.80. The molecule has 0 radical (unpaired) electrons. The molecule has 1 saturated heterocycles. The molecule has 2 unspecified atom stereocenters. The Morgan fingerprint density at radius 2 is 2.38 bits per heavy atom. The summed E-state index contributed by atoms with van der Waals surface area (Å²) in [7, 11) is 0. The minimum Gasteiger partial charge on any atom is -0.380 e. The molecule has 3 heteroatoms. The molecule has 0 spiro atoms. The lowest BCUT2D eigenvalue weighted by Gasteiger charge is -2.22. The van der Waals surface area contributed by atoms with Crippen LogP contribution in [0.15, 0.2) is 0 Å². The molecule has 0 aliphatic carbocycles. The van der Waals surface area contributed by atoms with E-state index in [4.69, 9.17) is 22.1 Å². The first-order valence-corrected chi connectivity index (χ1v) is 3.22. The van der Waals surface area contributed by atoms with Crippen molar-refractivity contribution in [1.29, 1.82) is 0 Å². The average Bonchev–Trinajstić information content (AvgIpc) is 1.77. The van der Waals surface area contributed by atoms with E-state index in [0.717, 1.165) is 13.0 Å². The Labute approximate surface area is 53.9 Å². The lowest BCUT2D eigenvalue weighted by molar-refractivity contribution is 0.0845. The molecule has 0 aromatic heterocycles. The van der Waals surface area contributed by atoms with Gasteiger partial charge in [0.1, 0.15) is 0 Å². The second kappa shape index (κ2) is 2.67. The number of alkyl halides is 1. The highest BCUT2D eigenvalue weighted by Crippen LogP contribution is 2.11. The van der Waals surface area contributed by atoms with Crippen molar-refractivity contribution in [2.75, 3.05) is 13.2 Å². The van der Waals surface area contributed by atoms with Gasteiger partial charge < -0.3 is 10.5 Å². The van der Waals surface area contributed by atoms with Crippen molar-refractivity contribution in [3.63, 3.8) is 0 Å². The Bertz CT molecular complexity index is 68.8. The van der Waals surface area contributed by atoms with E-state index in [-0.39, 0.29) is 11.4 Å². The van der Waals surface area contributed by atoms with Crippen molar-refractivity contribution in [1.82, 2.24) is 0 Å². The molecule has 1 fully saturated rings. The van der Waals surface area contributed by atoms with Crippen molar-refractivity contribution >= 4 is 11.6 Å². The number of hydrogen-bond acceptors (Lipinski definition) is 2. The minimum absolute atomic E-state index is 0.0467. The van der Waals surface area contributed by atoms with Gasteiger partial charge in [-0.2, -0.15) is 0 Å². The second-order valence-electron chi connectivity index (χ2n) is 2.04. The number of ether oxygens (including phenoxy) is 1. The molecule has 0 aromatic carbocycles. The molecule has 8 heavy (non-hydrogen) atoms. The summed E-state index contributed by atoms with van der Waals surface area (Å²) in [4.78, 5) is 0. The molecule has 0 saturated carbocycles. The topological polar surface area (TPSA) is 35.2 Å². The summed E-state index contributed by atoms with van der Waals surface area (Å²) in [5, 5.41) is 0.128. The largest absolute Gasteiger partial charge is 0.380 e. The smallest absolute Gasteiger partial charge is 0.0631 e. The standard InChI is InChI=1S/C5H10ClNO/c6-4-1-2-8-3-5(4)7/h4-5H,1-3,7H2. The van der Waals surface area contributed by atoms with Gasteiger partial charge in [-0.05, 0) is 6.42 Å². The third-order valence-electron chi connectivity index (χ3n) is 1.31. The fourth-order valence-electron chi connectivity index (χ4n) is 0.734. The Morgan fingerprint density at radius 3 is 2.75 bits per heavy atom. The fraction of sp³-hybridized carbons (Fsp3) is 1.00. The van der Waals surface area contributed by atoms with Crippen LogP contribution in [0.5, 0.6) is 0 Å². The molecular weight excluding hydrogens is 126 g/mol. The zero-order valence-corrected chi connectivity index (χ0v) is 5.40. The Morgan fingerprint density at radius 1 is 1.62 bits per heavy atom. The van der Waals surface area contributed by atoms with Gasteiger partial charge in [0.2, 0.25) is 0 Å². The van der Waals surface area contributed by atoms with Gasteiger partial charge in [0.15, 0.2) is 0 Å². The first-order valence-electron chi connectivity index (χ1n) is 2.78. The highest BCUT2D eigenvalue weighted by molar-refractivity contribution is 6.21. The van der Waals surface area contributed by atoms with Crippen LogP contribution in [0, 0.1) is 0 Å². The molecule has 1 heterocycles. The molecule has 48 valence electrons. The number of rotatable bonds is 0. The zero-order chi connectivity index (χ0) is 5.98. The lowest BCUT2D eigenvalue weighted by atomic mass is 10.1. The van der Waals surface area contributed by atoms with Crippen LogP contribution in [0.2, 0.25) is 0 Å². The molecule has 1 aliphatic heterocycles. The maximum Gasteiger partial charge on any atom is 0.0631 e. The third-order valence-corrected chi connectivity index (χ3v) is 1.85. The van der Waals surface area contributed by atoms with Crippen LogP contribution in [0.25, 0.3) is 0 Å². The van der Waals surface area contributed by atoms with Gasteiger partial charge in [-0.3, -0.25) is 0 Å². The summed E-state index contributed by atoms with van der Waals surface area (Å²) in [6.07, 6.45) is 0.892. The van der Waals surface area contributed by atoms with Crippen LogP contribution < -0.4 is 5.73 Å². The van der Waals surface area contributed by atoms with Crippen LogP contribution in [-0.2, 0) is 4.74 Å². The van der Waals surface area contributed by atoms with Crippen LogP contribution in [0.1, 0.15) is 6.42 Å². The van der Waals surface area contributed by atoms with Crippen molar-refractivity contribution < 1.29 is 4.74 Å². The molecule has 2 nitrogen and oxygen atoms in total. The van der Waals surface area contributed by atoms with Gasteiger partial charge in [-0.1, -0.05) is 0 Å². The van der Waals surface area contributed by atoms with Crippen LogP contribution in [0.3, 0.4) is 0 Å². The average molecular weight is 136 g/mol. The normalized spacial score (nSPS) is 39.8. The molecule has 0 aromatic rings. The van der Waals surface area contributed by atoms with E-state index in [1.807, 2.05) is 0 Å². The van der Waals surface area contributed by atoms with Gasteiger partial charge in [-0.25, -0.2) is 0 Å². The number of halogens is 1. The van der Waals surface area contributed by atoms with Crippen molar-refractivity contribution in [2.45, 2.75) is 17.8 Å². The molecule has 1 rings (SSSR count). The van der Waals surface area contributed by atoms with Gasteiger partial charge in [0, 0.05) is 12.6 Å². The predicted molar refractivity (Wildman–Crippen MR) is 33.1 cm³/mol. The predicted octanol–water partition coefficient (Wildman–Crippen LogP) is 0.341. The van der Waals surface area contributed by atoms with Gasteiger partial charge in [0.05, 0.1) is 12.0 Å². The summed E-state index contributed by atoms with van der Waals surface area (Å²) in [6, 6.07) is 0.0467. The first kappa shape index (κ1) is 6.33.